The van der Waals surface area contributed by atoms with Crippen molar-refractivity contribution >= 4 is 11.6 Å². The summed E-state index contributed by atoms with van der Waals surface area (Å²) in [4.78, 5) is 4.45. The molecule has 2 aromatic rings. The molecule has 1 fully saturated rings. The van der Waals surface area contributed by atoms with Crippen LogP contribution in [0, 0.1) is 6.92 Å². The van der Waals surface area contributed by atoms with E-state index in [9.17, 15) is 0 Å². The molecule has 1 aromatic carbocycles. The van der Waals surface area contributed by atoms with E-state index in [1.54, 1.807) is 0 Å². The first kappa shape index (κ1) is 11.7. The van der Waals surface area contributed by atoms with Gasteiger partial charge in [0.05, 0.1) is 6.61 Å². The van der Waals surface area contributed by atoms with E-state index < -0.39 is 0 Å². The summed E-state index contributed by atoms with van der Waals surface area (Å²) in [6.07, 6.45) is 0.952. The Kier molecular flexibility index (Phi) is 3.06. The van der Waals surface area contributed by atoms with Crippen LogP contribution in [-0.2, 0) is 4.74 Å². The number of hydrogen-bond donors (Lipinski definition) is 0. The molecule has 0 N–H and O–H groups in total. The minimum Gasteiger partial charge on any atom is -0.381 e. The molecule has 0 unspecified atom stereocenters. The number of rotatable bonds is 2. The summed E-state index contributed by atoms with van der Waals surface area (Å²) in [7, 11) is 0. The summed E-state index contributed by atoms with van der Waals surface area (Å²) in [5.41, 5.74) is 1.84. The zero-order valence-electron chi connectivity index (χ0n) is 10.0. The van der Waals surface area contributed by atoms with Crippen LogP contribution < -0.4 is 0 Å². The molecule has 1 aliphatic rings. The van der Waals surface area contributed by atoms with Crippen LogP contribution in [0.2, 0.25) is 5.02 Å². The maximum Gasteiger partial charge on any atom is 0.258 e. The summed E-state index contributed by atoms with van der Waals surface area (Å²) in [5, 5.41) is 4.74. The number of ether oxygens (including phenoxy) is 1. The van der Waals surface area contributed by atoms with E-state index in [1.165, 1.54) is 0 Å². The van der Waals surface area contributed by atoms with Crippen molar-refractivity contribution in [1.29, 1.82) is 0 Å². The van der Waals surface area contributed by atoms with Crippen LogP contribution >= 0.6 is 11.6 Å². The molecule has 0 amide bonds. The van der Waals surface area contributed by atoms with E-state index in [0.717, 1.165) is 30.0 Å². The van der Waals surface area contributed by atoms with Crippen LogP contribution in [0.15, 0.2) is 22.7 Å². The fraction of sp³-hybridized carbons (Fsp3) is 0.385. The Morgan fingerprint density at radius 2 is 2.28 bits per heavy atom. The van der Waals surface area contributed by atoms with Crippen molar-refractivity contribution in [2.75, 3.05) is 13.2 Å². The van der Waals surface area contributed by atoms with Gasteiger partial charge in [-0.15, -0.1) is 0 Å². The van der Waals surface area contributed by atoms with Crippen molar-refractivity contribution in [2.24, 2.45) is 0 Å². The van der Waals surface area contributed by atoms with Crippen molar-refractivity contribution in [3.63, 3.8) is 0 Å². The molecule has 2 heterocycles. The Morgan fingerprint density at radius 3 is 3.06 bits per heavy atom. The number of hydrogen-bond acceptors (Lipinski definition) is 4. The molecule has 0 bridgehead atoms. The van der Waals surface area contributed by atoms with E-state index in [2.05, 4.69) is 10.1 Å². The Bertz CT molecular complexity index is 562. The number of halogens is 1. The third-order valence-electron chi connectivity index (χ3n) is 3.23. The SMILES string of the molecule is Cc1c(Cl)cccc1-c1nc([C@@H]2CCOC2)no1. The van der Waals surface area contributed by atoms with Gasteiger partial charge in [0, 0.05) is 23.1 Å². The second-order valence-electron chi connectivity index (χ2n) is 4.43. The van der Waals surface area contributed by atoms with E-state index in [-0.39, 0.29) is 5.92 Å². The molecule has 94 valence electrons. The van der Waals surface area contributed by atoms with Crippen molar-refractivity contribution < 1.29 is 9.26 Å². The third-order valence-corrected chi connectivity index (χ3v) is 3.64. The topological polar surface area (TPSA) is 48.2 Å². The molecule has 0 radical (unpaired) electrons. The van der Waals surface area contributed by atoms with Crippen molar-refractivity contribution in [1.82, 2.24) is 10.1 Å². The molecule has 0 saturated carbocycles. The second kappa shape index (κ2) is 4.71. The molecule has 1 aromatic heterocycles. The predicted octanol–water partition coefficient (Wildman–Crippen LogP) is 3.20. The van der Waals surface area contributed by atoms with E-state index in [4.69, 9.17) is 20.9 Å². The van der Waals surface area contributed by atoms with Crippen LogP contribution in [0.4, 0.5) is 0 Å². The Hall–Kier alpha value is -1.39. The van der Waals surface area contributed by atoms with Crippen LogP contribution in [0.5, 0.6) is 0 Å². The third kappa shape index (κ3) is 2.02. The predicted molar refractivity (Wildman–Crippen MR) is 67.7 cm³/mol. The van der Waals surface area contributed by atoms with Gasteiger partial charge >= 0.3 is 0 Å². The molecule has 3 rings (SSSR count). The molecule has 1 aliphatic heterocycles. The lowest BCUT2D eigenvalue weighted by atomic mass is 10.1. The lowest BCUT2D eigenvalue weighted by Crippen LogP contribution is -1.99. The summed E-state index contributed by atoms with van der Waals surface area (Å²) >= 11 is 6.09. The zero-order chi connectivity index (χ0) is 12.5. The second-order valence-corrected chi connectivity index (χ2v) is 4.84. The summed E-state index contributed by atoms with van der Waals surface area (Å²) in [6.45, 7) is 3.39. The zero-order valence-corrected chi connectivity index (χ0v) is 10.8. The Labute approximate surface area is 110 Å². The lowest BCUT2D eigenvalue weighted by Gasteiger charge is -2.02. The van der Waals surface area contributed by atoms with E-state index >= 15 is 0 Å². The van der Waals surface area contributed by atoms with Crippen molar-refractivity contribution in [3.8, 4) is 11.5 Å². The molecule has 18 heavy (non-hydrogen) atoms. The molecule has 0 aliphatic carbocycles. The summed E-state index contributed by atoms with van der Waals surface area (Å²) in [5.74, 6) is 1.50. The molecule has 5 heteroatoms. The molecule has 1 saturated heterocycles. The normalized spacial score (nSPS) is 19.3. The van der Waals surface area contributed by atoms with Gasteiger partial charge in [-0.05, 0) is 31.0 Å². The Morgan fingerprint density at radius 1 is 1.39 bits per heavy atom. The van der Waals surface area contributed by atoms with Gasteiger partial charge in [-0.1, -0.05) is 22.8 Å². The lowest BCUT2D eigenvalue weighted by molar-refractivity contribution is 0.192. The standard InChI is InChI=1S/C13H13ClN2O2/c1-8-10(3-2-4-11(8)14)13-15-12(16-18-13)9-5-6-17-7-9/h2-4,9H,5-7H2,1H3/t9-/m1/s1. The van der Waals surface area contributed by atoms with Gasteiger partial charge in [0.15, 0.2) is 5.82 Å². The molecule has 4 nitrogen and oxygen atoms in total. The minimum atomic E-state index is 0.252. The highest BCUT2D eigenvalue weighted by Crippen LogP contribution is 2.29. The highest BCUT2D eigenvalue weighted by Gasteiger charge is 2.23. The number of nitrogens with zero attached hydrogens (tertiary/aromatic N) is 2. The highest BCUT2D eigenvalue weighted by molar-refractivity contribution is 6.31. The highest BCUT2D eigenvalue weighted by atomic mass is 35.5. The first-order valence-electron chi connectivity index (χ1n) is 5.92. The first-order chi connectivity index (χ1) is 8.75. The van der Waals surface area contributed by atoms with Gasteiger partial charge in [-0.25, -0.2) is 0 Å². The van der Waals surface area contributed by atoms with E-state index in [0.29, 0.717) is 17.5 Å². The summed E-state index contributed by atoms with van der Waals surface area (Å²) < 4.78 is 10.7. The maximum atomic E-state index is 6.09. The summed E-state index contributed by atoms with van der Waals surface area (Å²) in [6, 6.07) is 5.67. The van der Waals surface area contributed by atoms with Gasteiger partial charge in [0.25, 0.3) is 5.89 Å². The fourth-order valence-electron chi connectivity index (χ4n) is 2.09. The quantitative estimate of drug-likeness (QED) is 0.836. The van der Waals surface area contributed by atoms with Crippen LogP contribution in [0.1, 0.15) is 23.7 Å². The van der Waals surface area contributed by atoms with Crippen molar-refractivity contribution in [3.05, 3.63) is 34.6 Å². The first-order valence-corrected chi connectivity index (χ1v) is 6.30. The molecular formula is C13H13ClN2O2. The van der Waals surface area contributed by atoms with Crippen molar-refractivity contribution in [2.45, 2.75) is 19.3 Å². The average Bonchev–Trinajstić information content (AvgIpc) is 3.01. The van der Waals surface area contributed by atoms with Crippen LogP contribution in [-0.4, -0.2) is 23.4 Å². The van der Waals surface area contributed by atoms with Gasteiger partial charge in [-0.3, -0.25) is 0 Å². The molecule has 0 spiro atoms. The van der Waals surface area contributed by atoms with Gasteiger partial charge in [-0.2, -0.15) is 4.98 Å². The van der Waals surface area contributed by atoms with Crippen LogP contribution in [0.3, 0.4) is 0 Å². The number of aromatic nitrogens is 2. The van der Waals surface area contributed by atoms with Gasteiger partial charge < -0.3 is 9.26 Å². The molecule has 1 atom stereocenters. The van der Waals surface area contributed by atoms with Gasteiger partial charge in [0.1, 0.15) is 0 Å². The average molecular weight is 265 g/mol. The molecular weight excluding hydrogens is 252 g/mol. The van der Waals surface area contributed by atoms with E-state index in [1.807, 2.05) is 25.1 Å². The Balaban J connectivity index is 1.95. The largest absolute Gasteiger partial charge is 0.381 e. The smallest absolute Gasteiger partial charge is 0.258 e. The van der Waals surface area contributed by atoms with Gasteiger partial charge in [0.2, 0.25) is 0 Å². The maximum absolute atomic E-state index is 6.09. The minimum absolute atomic E-state index is 0.252. The van der Waals surface area contributed by atoms with Crippen LogP contribution in [0.25, 0.3) is 11.5 Å². The fourth-order valence-corrected chi connectivity index (χ4v) is 2.26. The monoisotopic (exact) mass is 264 g/mol. The number of benzene rings is 1.